The molecule has 96 valence electrons. The third kappa shape index (κ3) is 7.22. The molecule has 1 aromatic rings. The number of hydrogen-bond acceptors (Lipinski definition) is 2. The van der Waals surface area contributed by atoms with E-state index in [9.17, 15) is 0 Å². The molecule has 0 bridgehead atoms. The molecule has 2 heteroatoms. The van der Waals surface area contributed by atoms with E-state index in [0.717, 1.165) is 18.5 Å². The third-order valence-corrected chi connectivity index (χ3v) is 3.87. The molecular formula is C15H25NS. The first-order valence-electron chi connectivity index (χ1n) is 6.79. The minimum Gasteiger partial charge on any atom is -0.402 e. The van der Waals surface area contributed by atoms with Gasteiger partial charge in [0.05, 0.1) is 0 Å². The molecule has 1 nitrogen and oxygen atoms in total. The Kier molecular flexibility index (Phi) is 7.81. The molecule has 0 amide bonds. The van der Waals surface area contributed by atoms with Crippen molar-refractivity contribution < 1.29 is 0 Å². The van der Waals surface area contributed by atoms with Crippen LogP contribution in [0.2, 0.25) is 0 Å². The van der Waals surface area contributed by atoms with Gasteiger partial charge in [0.15, 0.2) is 0 Å². The van der Waals surface area contributed by atoms with Gasteiger partial charge >= 0.3 is 0 Å². The molecule has 0 aliphatic carbocycles. The lowest BCUT2D eigenvalue weighted by atomic mass is 10.1. The van der Waals surface area contributed by atoms with Gasteiger partial charge in [-0.15, -0.1) is 11.3 Å². The Morgan fingerprint density at radius 1 is 1.29 bits per heavy atom. The van der Waals surface area contributed by atoms with E-state index in [1.54, 1.807) is 0 Å². The number of allylic oxidation sites excluding steroid dienone is 2. The van der Waals surface area contributed by atoms with Gasteiger partial charge in [0.1, 0.15) is 0 Å². The van der Waals surface area contributed by atoms with E-state index < -0.39 is 0 Å². The Bertz CT molecular complexity index is 301. The number of hydrogen-bond donors (Lipinski definition) is 1. The summed E-state index contributed by atoms with van der Waals surface area (Å²) in [6.07, 6.45) is 12.0. The molecule has 0 unspecified atom stereocenters. The van der Waals surface area contributed by atoms with Crippen molar-refractivity contribution >= 4 is 11.3 Å². The maximum absolute atomic E-state index is 5.91. The van der Waals surface area contributed by atoms with Crippen molar-refractivity contribution in [2.75, 3.05) is 0 Å². The zero-order valence-corrected chi connectivity index (χ0v) is 11.8. The Hall–Kier alpha value is -0.760. The average molecular weight is 251 g/mol. The van der Waals surface area contributed by atoms with Gasteiger partial charge in [0.2, 0.25) is 0 Å². The molecule has 1 aromatic heterocycles. The number of aryl methyl sites for hydroxylation is 1. The molecule has 0 aromatic carbocycles. The molecule has 0 radical (unpaired) electrons. The largest absolute Gasteiger partial charge is 0.402 e. The summed E-state index contributed by atoms with van der Waals surface area (Å²) in [6.45, 7) is 2.21. The van der Waals surface area contributed by atoms with E-state index in [1.165, 1.54) is 43.4 Å². The highest BCUT2D eigenvalue weighted by molar-refractivity contribution is 7.09. The van der Waals surface area contributed by atoms with Gasteiger partial charge < -0.3 is 5.73 Å². The zero-order chi connectivity index (χ0) is 12.3. The summed E-state index contributed by atoms with van der Waals surface area (Å²) in [4.78, 5) is 1.52. The topological polar surface area (TPSA) is 26.0 Å². The first-order valence-corrected chi connectivity index (χ1v) is 7.67. The summed E-state index contributed by atoms with van der Waals surface area (Å²) in [5.74, 6) is 0. The lowest BCUT2D eigenvalue weighted by Gasteiger charge is -2.00. The summed E-state index contributed by atoms with van der Waals surface area (Å²) < 4.78 is 0. The standard InChI is InChI=1S/C15H25NS/c1-2-3-9-14(16)10-6-4-5-7-11-15-12-8-13-17-15/h8,10,12-13H,2-7,9,11,16H2,1H3/b14-10-. The highest BCUT2D eigenvalue weighted by Gasteiger charge is 1.94. The van der Waals surface area contributed by atoms with Gasteiger partial charge in [-0.1, -0.05) is 31.9 Å². The highest BCUT2D eigenvalue weighted by Crippen LogP contribution is 2.13. The normalized spacial score (nSPS) is 11.9. The van der Waals surface area contributed by atoms with Crippen LogP contribution in [0, 0.1) is 0 Å². The fraction of sp³-hybridized carbons (Fsp3) is 0.600. The van der Waals surface area contributed by atoms with E-state index in [0.29, 0.717) is 0 Å². The SMILES string of the molecule is CCCC/C(N)=C/CCCCCc1cccs1. The molecule has 0 aliphatic rings. The van der Waals surface area contributed by atoms with Crippen LogP contribution < -0.4 is 5.73 Å². The first-order chi connectivity index (χ1) is 8.33. The average Bonchev–Trinajstić information content (AvgIpc) is 2.84. The van der Waals surface area contributed by atoms with Crippen LogP contribution in [0.15, 0.2) is 29.3 Å². The molecular weight excluding hydrogens is 226 g/mol. The molecule has 1 heterocycles. The number of unbranched alkanes of at least 4 members (excludes halogenated alkanes) is 4. The third-order valence-electron chi connectivity index (χ3n) is 2.93. The molecule has 0 fully saturated rings. The molecule has 0 spiro atoms. The van der Waals surface area contributed by atoms with Gasteiger partial charge in [0.25, 0.3) is 0 Å². The van der Waals surface area contributed by atoms with Crippen molar-refractivity contribution in [2.45, 2.75) is 58.3 Å². The monoisotopic (exact) mass is 251 g/mol. The summed E-state index contributed by atoms with van der Waals surface area (Å²) in [6, 6.07) is 4.37. The molecule has 1 rings (SSSR count). The van der Waals surface area contributed by atoms with Crippen LogP contribution in [-0.2, 0) is 6.42 Å². The Balaban J connectivity index is 1.97. The Morgan fingerprint density at radius 2 is 2.18 bits per heavy atom. The van der Waals surface area contributed by atoms with E-state index in [4.69, 9.17) is 5.73 Å². The van der Waals surface area contributed by atoms with Crippen molar-refractivity contribution in [1.82, 2.24) is 0 Å². The van der Waals surface area contributed by atoms with Crippen molar-refractivity contribution in [3.8, 4) is 0 Å². The van der Waals surface area contributed by atoms with Crippen LogP contribution in [0.5, 0.6) is 0 Å². The zero-order valence-electron chi connectivity index (χ0n) is 11.0. The maximum atomic E-state index is 5.91. The second-order valence-electron chi connectivity index (χ2n) is 4.56. The van der Waals surface area contributed by atoms with Gasteiger partial charge in [-0.2, -0.15) is 0 Å². The molecule has 17 heavy (non-hydrogen) atoms. The van der Waals surface area contributed by atoms with Crippen LogP contribution in [0.4, 0.5) is 0 Å². The van der Waals surface area contributed by atoms with Crippen LogP contribution >= 0.6 is 11.3 Å². The molecule has 2 N–H and O–H groups in total. The molecule has 0 saturated carbocycles. The van der Waals surface area contributed by atoms with Crippen LogP contribution in [0.25, 0.3) is 0 Å². The van der Waals surface area contributed by atoms with Crippen molar-refractivity contribution in [1.29, 1.82) is 0 Å². The van der Waals surface area contributed by atoms with Crippen molar-refractivity contribution in [2.24, 2.45) is 5.73 Å². The first kappa shape index (κ1) is 14.3. The van der Waals surface area contributed by atoms with Crippen LogP contribution in [-0.4, -0.2) is 0 Å². The van der Waals surface area contributed by atoms with Crippen molar-refractivity contribution in [3.63, 3.8) is 0 Å². The van der Waals surface area contributed by atoms with Gasteiger partial charge in [-0.25, -0.2) is 0 Å². The summed E-state index contributed by atoms with van der Waals surface area (Å²) in [7, 11) is 0. The predicted octanol–water partition coefficient (Wildman–Crippen LogP) is 4.88. The second-order valence-corrected chi connectivity index (χ2v) is 5.59. The van der Waals surface area contributed by atoms with Crippen LogP contribution in [0.1, 0.15) is 56.7 Å². The lowest BCUT2D eigenvalue weighted by Crippen LogP contribution is -1.96. The highest BCUT2D eigenvalue weighted by atomic mass is 32.1. The predicted molar refractivity (Wildman–Crippen MR) is 78.3 cm³/mol. The number of thiophene rings is 1. The molecule has 0 aliphatic heterocycles. The van der Waals surface area contributed by atoms with E-state index in [2.05, 4.69) is 30.5 Å². The number of rotatable bonds is 9. The summed E-state index contributed by atoms with van der Waals surface area (Å²) >= 11 is 1.87. The van der Waals surface area contributed by atoms with Gasteiger partial charge in [-0.3, -0.25) is 0 Å². The summed E-state index contributed by atoms with van der Waals surface area (Å²) in [5, 5.41) is 2.16. The van der Waals surface area contributed by atoms with E-state index in [1.807, 2.05) is 11.3 Å². The minimum atomic E-state index is 1.08. The Labute approximate surface area is 110 Å². The minimum absolute atomic E-state index is 1.08. The fourth-order valence-electron chi connectivity index (χ4n) is 1.85. The van der Waals surface area contributed by atoms with Gasteiger partial charge in [-0.05, 0) is 50.0 Å². The molecule has 0 atom stereocenters. The number of nitrogens with two attached hydrogens (primary N) is 1. The molecule has 0 saturated heterocycles. The van der Waals surface area contributed by atoms with E-state index in [-0.39, 0.29) is 0 Å². The smallest absolute Gasteiger partial charge is 0.00452 e. The second kappa shape index (κ2) is 9.29. The lowest BCUT2D eigenvalue weighted by molar-refractivity contribution is 0.685. The maximum Gasteiger partial charge on any atom is 0.00452 e. The van der Waals surface area contributed by atoms with E-state index >= 15 is 0 Å². The van der Waals surface area contributed by atoms with Crippen molar-refractivity contribution in [3.05, 3.63) is 34.2 Å². The fourth-order valence-corrected chi connectivity index (χ4v) is 2.60. The summed E-state index contributed by atoms with van der Waals surface area (Å²) in [5.41, 5.74) is 7.00. The van der Waals surface area contributed by atoms with Gasteiger partial charge in [0, 0.05) is 10.6 Å². The quantitative estimate of drug-likeness (QED) is 0.622. The Morgan fingerprint density at radius 3 is 2.88 bits per heavy atom. The van der Waals surface area contributed by atoms with Crippen LogP contribution in [0.3, 0.4) is 0 Å².